The molecule has 0 atom stereocenters. The van der Waals surface area contributed by atoms with Crippen molar-refractivity contribution in [2.75, 3.05) is 5.32 Å². The van der Waals surface area contributed by atoms with E-state index in [-0.39, 0.29) is 5.91 Å². The normalized spacial score (nSPS) is 10.4. The minimum atomic E-state index is -0.213. The molecule has 2 aromatic rings. The molecule has 0 saturated heterocycles. The quantitative estimate of drug-likeness (QED) is 0.791. The van der Waals surface area contributed by atoms with Crippen molar-refractivity contribution in [2.24, 2.45) is 7.05 Å². The number of nitrogens with zero attached hydrogens (tertiary/aromatic N) is 3. The highest BCUT2D eigenvalue weighted by Crippen LogP contribution is 2.08. The van der Waals surface area contributed by atoms with Crippen LogP contribution < -0.4 is 5.32 Å². The molecule has 0 spiro atoms. The Labute approximate surface area is 92.7 Å². The Bertz CT molecular complexity index is 525. The van der Waals surface area contributed by atoms with Crippen LogP contribution in [0.3, 0.4) is 0 Å². The first kappa shape index (κ1) is 10.4. The SMILES string of the molecule is Cc1nc(NC(=O)c2ccc(C)n2C)n[nH]1. The van der Waals surface area contributed by atoms with Crippen LogP contribution in [0.2, 0.25) is 0 Å². The third kappa shape index (κ3) is 1.81. The van der Waals surface area contributed by atoms with Gasteiger partial charge in [0, 0.05) is 12.7 Å². The predicted octanol–water partition coefficient (Wildman–Crippen LogP) is 1.01. The van der Waals surface area contributed by atoms with Crippen molar-refractivity contribution in [3.63, 3.8) is 0 Å². The van der Waals surface area contributed by atoms with Crippen LogP contribution in [0.4, 0.5) is 5.95 Å². The second-order valence-corrected chi connectivity index (χ2v) is 3.62. The molecule has 0 unspecified atom stereocenters. The zero-order valence-corrected chi connectivity index (χ0v) is 9.40. The molecule has 0 aliphatic carbocycles. The van der Waals surface area contributed by atoms with E-state index in [0.717, 1.165) is 5.69 Å². The van der Waals surface area contributed by atoms with Crippen LogP contribution in [0.5, 0.6) is 0 Å². The Balaban J connectivity index is 2.18. The number of aryl methyl sites for hydroxylation is 2. The third-order valence-corrected chi connectivity index (χ3v) is 2.43. The molecule has 1 amide bonds. The Morgan fingerprint density at radius 3 is 2.69 bits per heavy atom. The lowest BCUT2D eigenvalue weighted by molar-refractivity contribution is 0.101. The van der Waals surface area contributed by atoms with E-state index in [4.69, 9.17) is 0 Å². The summed E-state index contributed by atoms with van der Waals surface area (Å²) in [7, 11) is 1.84. The highest BCUT2D eigenvalue weighted by Gasteiger charge is 2.12. The van der Waals surface area contributed by atoms with Gasteiger partial charge in [-0.1, -0.05) is 0 Å². The molecule has 6 heteroatoms. The van der Waals surface area contributed by atoms with E-state index in [1.54, 1.807) is 13.0 Å². The van der Waals surface area contributed by atoms with Crippen LogP contribution in [0.15, 0.2) is 12.1 Å². The van der Waals surface area contributed by atoms with Crippen molar-refractivity contribution in [3.05, 3.63) is 29.3 Å². The predicted molar refractivity (Wildman–Crippen MR) is 59.2 cm³/mol. The zero-order valence-electron chi connectivity index (χ0n) is 9.40. The average molecular weight is 219 g/mol. The minimum absolute atomic E-state index is 0.213. The number of rotatable bonds is 2. The molecule has 0 saturated carbocycles. The van der Waals surface area contributed by atoms with Crippen molar-refractivity contribution >= 4 is 11.9 Å². The largest absolute Gasteiger partial charge is 0.344 e. The summed E-state index contributed by atoms with van der Waals surface area (Å²) in [6.07, 6.45) is 0. The average Bonchev–Trinajstić information content (AvgIpc) is 2.76. The number of hydrogen-bond acceptors (Lipinski definition) is 3. The molecular weight excluding hydrogens is 206 g/mol. The summed E-state index contributed by atoms with van der Waals surface area (Å²) < 4.78 is 1.81. The van der Waals surface area contributed by atoms with E-state index in [1.165, 1.54) is 0 Å². The van der Waals surface area contributed by atoms with E-state index in [1.807, 2.05) is 24.6 Å². The summed E-state index contributed by atoms with van der Waals surface area (Å²) in [6.45, 7) is 3.71. The van der Waals surface area contributed by atoms with E-state index in [9.17, 15) is 4.79 Å². The van der Waals surface area contributed by atoms with Crippen LogP contribution in [0.1, 0.15) is 22.0 Å². The van der Waals surface area contributed by atoms with E-state index in [2.05, 4.69) is 20.5 Å². The number of aromatic nitrogens is 4. The zero-order chi connectivity index (χ0) is 11.7. The number of carbonyl (C=O) groups excluding carboxylic acids is 1. The van der Waals surface area contributed by atoms with Crippen LogP contribution >= 0.6 is 0 Å². The number of hydrogen-bond donors (Lipinski definition) is 2. The van der Waals surface area contributed by atoms with Gasteiger partial charge in [-0.15, -0.1) is 5.10 Å². The van der Waals surface area contributed by atoms with Crippen molar-refractivity contribution in [1.29, 1.82) is 0 Å². The molecule has 84 valence electrons. The molecule has 0 radical (unpaired) electrons. The molecule has 0 aliphatic heterocycles. The van der Waals surface area contributed by atoms with Gasteiger partial charge in [-0.3, -0.25) is 15.2 Å². The minimum Gasteiger partial charge on any atom is -0.344 e. The number of carbonyl (C=O) groups is 1. The van der Waals surface area contributed by atoms with Gasteiger partial charge >= 0.3 is 0 Å². The fourth-order valence-electron chi connectivity index (χ4n) is 1.41. The Morgan fingerprint density at radius 1 is 1.44 bits per heavy atom. The fourth-order valence-corrected chi connectivity index (χ4v) is 1.41. The topological polar surface area (TPSA) is 75.6 Å². The van der Waals surface area contributed by atoms with Gasteiger partial charge in [0.05, 0.1) is 0 Å². The number of amides is 1. The highest BCUT2D eigenvalue weighted by molar-refractivity contribution is 6.02. The second kappa shape index (κ2) is 3.80. The van der Waals surface area contributed by atoms with Crippen molar-refractivity contribution in [3.8, 4) is 0 Å². The first-order chi connectivity index (χ1) is 7.58. The number of aromatic amines is 1. The highest BCUT2D eigenvalue weighted by atomic mass is 16.2. The fraction of sp³-hybridized carbons (Fsp3) is 0.300. The smallest absolute Gasteiger partial charge is 0.274 e. The van der Waals surface area contributed by atoms with E-state index < -0.39 is 0 Å². The Hall–Kier alpha value is -2.11. The van der Waals surface area contributed by atoms with Gasteiger partial charge in [0.2, 0.25) is 5.95 Å². The molecule has 0 bridgehead atoms. The molecule has 0 aliphatic rings. The molecule has 2 aromatic heterocycles. The lowest BCUT2D eigenvalue weighted by Crippen LogP contribution is -2.16. The molecule has 2 heterocycles. The monoisotopic (exact) mass is 219 g/mol. The van der Waals surface area contributed by atoms with Gasteiger partial charge < -0.3 is 4.57 Å². The molecule has 16 heavy (non-hydrogen) atoms. The van der Waals surface area contributed by atoms with Crippen molar-refractivity contribution in [1.82, 2.24) is 19.7 Å². The molecular formula is C10H13N5O. The van der Waals surface area contributed by atoms with Gasteiger partial charge in [-0.2, -0.15) is 4.98 Å². The summed E-state index contributed by atoms with van der Waals surface area (Å²) in [5, 5.41) is 9.12. The first-order valence-corrected chi connectivity index (χ1v) is 4.90. The van der Waals surface area contributed by atoms with Crippen LogP contribution in [-0.2, 0) is 7.05 Å². The van der Waals surface area contributed by atoms with Crippen LogP contribution in [-0.4, -0.2) is 25.7 Å². The molecule has 6 nitrogen and oxygen atoms in total. The summed E-state index contributed by atoms with van der Waals surface area (Å²) in [4.78, 5) is 15.8. The third-order valence-electron chi connectivity index (χ3n) is 2.43. The van der Waals surface area contributed by atoms with E-state index >= 15 is 0 Å². The van der Waals surface area contributed by atoms with Crippen LogP contribution in [0, 0.1) is 13.8 Å². The summed E-state index contributed by atoms with van der Waals surface area (Å²) >= 11 is 0. The summed E-state index contributed by atoms with van der Waals surface area (Å²) in [6, 6.07) is 3.66. The maximum atomic E-state index is 11.8. The van der Waals surface area contributed by atoms with Gasteiger partial charge in [0.15, 0.2) is 0 Å². The second-order valence-electron chi connectivity index (χ2n) is 3.62. The van der Waals surface area contributed by atoms with E-state index in [0.29, 0.717) is 17.5 Å². The van der Waals surface area contributed by atoms with Crippen molar-refractivity contribution < 1.29 is 4.79 Å². The first-order valence-electron chi connectivity index (χ1n) is 4.90. The van der Waals surface area contributed by atoms with Crippen LogP contribution in [0.25, 0.3) is 0 Å². The van der Waals surface area contributed by atoms with Gasteiger partial charge in [-0.25, -0.2) is 0 Å². The maximum absolute atomic E-state index is 11.8. The maximum Gasteiger partial charge on any atom is 0.274 e. The van der Waals surface area contributed by atoms with Gasteiger partial charge in [0.1, 0.15) is 11.5 Å². The lowest BCUT2D eigenvalue weighted by atomic mass is 10.4. The molecule has 0 aromatic carbocycles. The molecule has 2 rings (SSSR count). The number of H-pyrrole nitrogens is 1. The number of nitrogens with one attached hydrogen (secondary N) is 2. The standard InChI is InChI=1S/C10H13N5O/c1-6-4-5-8(15(6)3)9(16)12-10-11-7(2)13-14-10/h4-5H,1-3H3,(H2,11,12,13,14,16). The van der Waals surface area contributed by atoms with Crippen molar-refractivity contribution in [2.45, 2.75) is 13.8 Å². The van der Waals surface area contributed by atoms with Gasteiger partial charge in [-0.05, 0) is 26.0 Å². The summed E-state index contributed by atoms with van der Waals surface area (Å²) in [5.41, 5.74) is 1.61. The Morgan fingerprint density at radius 2 is 2.19 bits per heavy atom. The molecule has 2 N–H and O–H groups in total. The van der Waals surface area contributed by atoms with Gasteiger partial charge in [0.25, 0.3) is 5.91 Å². The summed E-state index contributed by atoms with van der Waals surface area (Å²) in [5.74, 6) is 0.745. The molecule has 0 fully saturated rings. The lowest BCUT2D eigenvalue weighted by Gasteiger charge is -2.03. The Kier molecular flexibility index (Phi) is 2.47. The number of anilines is 1.